The fourth-order valence-corrected chi connectivity index (χ4v) is 3.16. The number of carbonyl (C=O) groups is 1. The van der Waals surface area contributed by atoms with Crippen LogP contribution in [0.1, 0.15) is 6.42 Å². The van der Waals surface area contributed by atoms with E-state index in [0.717, 1.165) is 13.7 Å². The zero-order chi connectivity index (χ0) is 10.8. The van der Waals surface area contributed by atoms with E-state index in [4.69, 9.17) is 0 Å². The predicted octanol–water partition coefficient (Wildman–Crippen LogP) is -0.994. The number of hydrogen-bond acceptors (Lipinski definition) is 4. The van der Waals surface area contributed by atoms with Crippen LogP contribution in [0.25, 0.3) is 0 Å². The number of esters is 1. The van der Waals surface area contributed by atoms with E-state index >= 15 is 0 Å². The summed E-state index contributed by atoms with van der Waals surface area (Å²) in [6.45, 7) is 2.46. The quantitative estimate of drug-likeness (QED) is 0.449. The zero-order valence-electron chi connectivity index (χ0n) is 8.39. The molecule has 1 heterocycles. The Bertz CT molecular complexity index is 314. The summed E-state index contributed by atoms with van der Waals surface area (Å²) in [5.74, 6) is -1.17. The molecule has 80 valence electrons. The summed E-state index contributed by atoms with van der Waals surface area (Å²) in [5, 5.41) is 0. The Kier molecular flexibility index (Phi) is 3.55. The molecule has 0 N–H and O–H groups in total. The number of hydrogen-bond donors (Lipinski definition) is 0. The second kappa shape index (κ2) is 4.31. The molecule has 1 atom stereocenters. The first-order valence-corrected chi connectivity index (χ1v) is 6.18. The number of ether oxygens (including phenoxy) is 1. The van der Waals surface area contributed by atoms with Crippen molar-refractivity contribution in [1.82, 2.24) is 4.31 Å². The lowest BCUT2D eigenvalue weighted by Gasteiger charge is -2.38. The lowest BCUT2D eigenvalue weighted by molar-refractivity contribution is -0.137. The van der Waals surface area contributed by atoms with Crippen LogP contribution in [0.4, 0.5) is 0 Å². The van der Waals surface area contributed by atoms with Gasteiger partial charge >= 0.3 is 5.97 Å². The van der Waals surface area contributed by atoms with Crippen LogP contribution >= 0.6 is 0 Å². The van der Waals surface area contributed by atoms with Gasteiger partial charge in [0, 0.05) is 6.54 Å². The minimum Gasteiger partial charge on any atom is -0.468 e. The Morgan fingerprint density at radius 2 is 2.29 bits per heavy atom. The predicted molar refractivity (Wildman–Crippen MR) is 53.9 cm³/mol. The monoisotopic (exact) mass is 219 g/mol. The number of nitrogens with zero attached hydrogens (tertiary/aromatic N) is 1. The molecule has 0 aliphatic carbocycles. The molecule has 14 heavy (non-hydrogen) atoms. The van der Waals surface area contributed by atoms with Crippen molar-refractivity contribution in [3.63, 3.8) is 0 Å². The van der Waals surface area contributed by atoms with Gasteiger partial charge in [0.25, 0.3) is 0 Å². The van der Waals surface area contributed by atoms with Crippen LogP contribution in [-0.4, -0.2) is 51.3 Å². The molecule has 7 heteroatoms. The molecule has 0 aromatic carbocycles. The number of rotatable bonds is 4. The molecule has 1 aliphatic heterocycles. The van der Waals surface area contributed by atoms with Gasteiger partial charge in [-0.15, -0.1) is 0 Å². The molecule has 0 aromatic heterocycles. The fourth-order valence-electron chi connectivity index (χ4n) is 1.48. The number of sulfonamides is 1. The third-order valence-electron chi connectivity index (χ3n) is 2.45. The molecule has 0 bridgehead atoms. The molecule has 1 saturated heterocycles. The molecular formula is C7H14BNO4S. The highest BCUT2D eigenvalue weighted by molar-refractivity contribution is 7.89. The van der Waals surface area contributed by atoms with Crippen molar-refractivity contribution in [3.05, 3.63) is 0 Å². The van der Waals surface area contributed by atoms with Crippen molar-refractivity contribution in [2.24, 2.45) is 0 Å². The summed E-state index contributed by atoms with van der Waals surface area (Å²) in [7, 11) is -1.46. The lowest BCUT2D eigenvalue weighted by atomic mass is 9.68. The highest BCUT2D eigenvalue weighted by Gasteiger charge is 2.37. The summed E-state index contributed by atoms with van der Waals surface area (Å²) < 4.78 is 28.9. The average molecular weight is 219 g/mol. The first-order valence-electron chi connectivity index (χ1n) is 4.57. The number of carbonyl (C=O) groups excluding carboxylic acids is 1. The summed E-state index contributed by atoms with van der Waals surface area (Å²) in [6, 6.07) is 0. The first kappa shape index (κ1) is 11.5. The van der Waals surface area contributed by atoms with Crippen LogP contribution in [0.15, 0.2) is 0 Å². The van der Waals surface area contributed by atoms with Gasteiger partial charge in [-0.25, -0.2) is 12.7 Å². The van der Waals surface area contributed by atoms with Gasteiger partial charge in [0.05, 0.1) is 7.11 Å². The van der Waals surface area contributed by atoms with Crippen molar-refractivity contribution in [2.75, 3.05) is 19.4 Å². The molecule has 1 aliphatic rings. The largest absolute Gasteiger partial charge is 0.468 e. The van der Waals surface area contributed by atoms with Crippen molar-refractivity contribution in [1.29, 1.82) is 0 Å². The van der Waals surface area contributed by atoms with Gasteiger partial charge in [-0.1, -0.05) is 6.82 Å². The van der Waals surface area contributed by atoms with Gasteiger partial charge in [-0.3, -0.25) is 4.79 Å². The van der Waals surface area contributed by atoms with E-state index in [0.29, 0.717) is 6.54 Å². The van der Waals surface area contributed by atoms with Crippen LogP contribution in [-0.2, 0) is 19.6 Å². The third-order valence-corrected chi connectivity index (χ3v) is 4.24. The minimum absolute atomic E-state index is 0.0738. The minimum atomic E-state index is -3.44. The fraction of sp³-hybridized carbons (Fsp3) is 0.857. The van der Waals surface area contributed by atoms with Crippen LogP contribution in [0, 0.1) is 0 Å². The van der Waals surface area contributed by atoms with E-state index in [2.05, 4.69) is 4.74 Å². The molecule has 0 saturated carbocycles. The van der Waals surface area contributed by atoms with Crippen LogP contribution in [0.3, 0.4) is 0 Å². The second-order valence-corrected chi connectivity index (χ2v) is 5.22. The maximum atomic E-state index is 11.6. The molecule has 0 aromatic rings. The van der Waals surface area contributed by atoms with Crippen molar-refractivity contribution < 1.29 is 17.9 Å². The van der Waals surface area contributed by atoms with Gasteiger partial charge in [0.15, 0.2) is 5.75 Å². The van der Waals surface area contributed by atoms with Crippen molar-refractivity contribution >= 4 is 23.3 Å². The Morgan fingerprint density at radius 3 is 2.64 bits per heavy atom. The van der Waals surface area contributed by atoms with E-state index in [1.807, 2.05) is 6.82 Å². The molecule has 0 unspecified atom stereocenters. The molecule has 5 nitrogen and oxygen atoms in total. The van der Waals surface area contributed by atoms with E-state index in [-0.39, 0.29) is 5.94 Å². The van der Waals surface area contributed by atoms with E-state index in [9.17, 15) is 13.2 Å². The van der Waals surface area contributed by atoms with Crippen LogP contribution in [0.5, 0.6) is 0 Å². The second-order valence-electron chi connectivity index (χ2n) is 3.29. The van der Waals surface area contributed by atoms with Crippen molar-refractivity contribution in [2.45, 2.75) is 19.2 Å². The molecule has 1 fully saturated rings. The molecule has 1 rings (SSSR count). The Labute approximate surface area is 84.7 Å². The average Bonchev–Trinajstić information content (AvgIpc) is 2.01. The SMILES string of the molecule is CB[C@@H]1CCN1S(=O)(=O)CC(=O)OC. The van der Waals surface area contributed by atoms with Crippen molar-refractivity contribution in [3.8, 4) is 0 Å². The zero-order valence-corrected chi connectivity index (χ0v) is 9.21. The normalized spacial score (nSPS) is 22.6. The van der Waals surface area contributed by atoms with Crippen LogP contribution < -0.4 is 0 Å². The van der Waals surface area contributed by atoms with Gasteiger partial charge in [0.2, 0.25) is 10.0 Å². The highest BCUT2D eigenvalue weighted by atomic mass is 32.2. The third kappa shape index (κ3) is 2.27. The van der Waals surface area contributed by atoms with E-state index in [1.165, 1.54) is 11.4 Å². The van der Waals surface area contributed by atoms with Gasteiger partial charge in [-0.2, -0.15) is 0 Å². The summed E-state index contributed by atoms with van der Waals surface area (Å²) in [6.07, 6.45) is 0.886. The highest BCUT2D eigenvalue weighted by Crippen LogP contribution is 2.20. The number of methoxy groups -OCH3 is 1. The van der Waals surface area contributed by atoms with Gasteiger partial charge in [0.1, 0.15) is 7.28 Å². The topological polar surface area (TPSA) is 63.7 Å². The molecule has 0 amide bonds. The van der Waals surface area contributed by atoms with Crippen LogP contribution in [0.2, 0.25) is 6.82 Å². The van der Waals surface area contributed by atoms with E-state index < -0.39 is 21.7 Å². The maximum Gasteiger partial charge on any atom is 0.322 e. The Hall–Kier alpha value is -0.555. The maximum absolute atomic E-state index is 11.6. The summed E-state index contributed by atoms with van der Waals surface area (Å²) in [4.78, 5) is 10.8. The summed E-state index contributed by atoms with van der Waals surface area (Å²) in [5.41, 5.74) is 0. The van der Waals surface area contributed by atoms with Gasteiger partial charge < -0.3 is 4.74 Å². The van der Waals surface area contributed by atoms with E-state index in [1.54, 1.807) is 0 Å². The lowest BCUT2D eigenvalue weighted by Crippen LogP contribution is -2.54. The van der Waals surface area contributed by atoms with Gasteiger partial charge in [-0.05, 0) is 12.4 Å². The molecule has 0 radical (unpaired) electrons. The molecular weight excluding hydrogens is 205 g/mol. The smallest absolute Gasteiger partial charge is 0.322 e. The Balaban J connectivity index is 2.62. The first-order chi connectivity index (χ1) is 6.51. The summed E-state index contributed by atoms with van der Waals surface area (Å²) >= 11 is 0. The standard InChI is InChI=1S/C7H14BNO4S/c1-8-6-3-4-9(6)14(11,12)5-7(10)13-2/h6,8H,3-5H2,1-2H3/t6-/m0/s1. The molecule has 0 spiro atoms. The Morgan fingerprint density at radius 1 is 1.64 bits per heavy atom.